The van der Waals surface area contributed by atoms with E-state index in [2.05, 4.69) is 17.3 Å². The summed E-state index contributed by atoms with van der Waals surface area (Å²) in [6, 6.07) is 0.327. The van der Waals surface area contributed by atoms with E-state index in [1.807, 2.05) is 13.2 Å². The van der Waals surface area contributed by atoms with Gasteiger partial charge in [0.15, 0.2) is 0 Å². The first-order valence-electron chi connectivity index (χ1n) is 8.87. The van der Waals surface area contributed by atoms with Crippen molar-refractivity contribution < 1.29 is 4.79 Å². The van der Waals surface area contributed by atoms with Crippen molar-refractivity contribution in [2.45, 2.75) is 57.9 Å². The van der Waals surface area contributed by atoms with Crippen LogP contribution in [0.4, 0.5) is 0 Å². The summed E-state index contributed by atoms with van der Waals surface area (Å²) in [6.45, 7) is 2.23. The van der Waals surface area contributed by atoms with E-state index >= 15 is 0 Å². The monoisotopic (exact) mass is 301 g/mol. The maximum atomic E-state index is 12.6. The molecule has 4 bridgehead atoms. The van der Waals surface area contributed by atoms with Crippen LogP contribution in [0.1, 0.15) is 62.2 Å². The van der Waals surface area contributed by atoms with Gasteiger partial charge in [0.2, 0.25) is 0 Å². The molecule has 4 saturated carbocycles. The van der Waals surface area contributed by atoms with Crippen molar-refractivity contribution in [3.8, 4) is 0 Å². The molecule has 5 rings (SSSR count). The summed E-state index contributed by atoms with van der Waals surface area (Å²) in [5.41, 5.74) is 1.06. The second kappa shape index (κ2) is 5.10. The van der Waals surface area contributed by atoms with Crippen LogP contribution in [0.25, 0.3) is 0 Å². The summed E-state index contributed by atoms with van der Waals surface area (Å²) in [5.74, 6) is 2.83. The average Bonchev–Trinajstić information content (AvgIpc) is 2.89. The van der Waals surface area contributed by atoms with Crippen molar-refractivity contribution in [1.82, 2.24) is 15.1 Å². The molecule has 1 aromatic rings. The lowest BCUT2D eigenvalue weighted by Crippen LogP contribution is -2.56. The fourth-order valence-corrected chi connectivity index (χ4v) is 6.07. The van der Waals surface area contributed by atoms with Gasteiger partial charge < -0.3 is 5.32 Å². The minimum Gasteiger partial charge on any atom is -0.349 e. The lowest BCUT2D eigenvalue weighted by Gasteiger charge is -2.59. The maximum absolute atomic E-state index is 12.6. The smallest absolute Gasteiger partial charge is 0.254 e. The molecule has 4 nitrogen and oxygen atoms in total. The van der Waals surface area contributed by atoms with Crippen LogP contribution < -0.4 is 5.32 Å². The molecule has 4 aliphatic rings. The molecule has 4 fully saturated rings. The van der Waals surface area contributed by atoms with Crippen molar-refractivity contribution in [3.05, 3.63) is 18.0 Å². The highest BCUT2D eigenvalue weighted by molar-refractivity contribution is 5.93. The van der Waals surface area contributed by atoms with Crippen LogP contribution in [-0.4, -0.2) is 21.7 Å². The molecule has 120 valence electrons. The Morgan fingerprint density at radius 1 is 1.32 bits per heavy atom. The van der Waals surface area contributed by atoms with Crippen molar-refractivity contribution in [1.29, 1.82) is 0 Å². The molecule has 1 N–H and O–H groups in total. The molecule has 1 atom stereocenters. The van der Waals surface area contributed by atoms with Gasteiger partial charge in [-0.05, 0) is 68.1 Å². The highest BCUT2D eigenvalue weighted by atomic mass is 16.1. The quantitative estimate of drug-likeness (QED) is 0.928. The van der Waals surface area contributed by atoms with Gasteiger partial charge in [-0.3, -0.25) is 9.48 Å². The molecule has 1 aromatic heterocycles. The lowest BCUT2D eigenvalue weighted by atomic mass is 9.47. The zero-order valence-corrected chi connectivity index (χ0v) is 13.7. The molecule has 0 saturated heterocycles. The molecule has 0 radical (unpaired) electrons. The van der Waals surface area contributed by atoms with E-state index in [0.717, 1.165) is 24.2 Å². The molecular weight excluding hydrogens is 274 g/mol. The summed E-state index contributed by atoms with van der Waals surface area (Å²) in [6.07, 6.45) is 12.9. The second-order valence-electron chi connectivity index (χ2n) is 8.12. The van der Waals surface area contributed by atoms with Crippen LogP contribution in [0.15, 0.2) is 12.4 Å². The van der Waals surface area contributed by atoms with Crippen LogP contribution in [0.5, 0.6) is 0 Å². The number of carbonyl (C=O) groups is 1. The Labute approximate surface area is 132 Å². The number of hydrogen-bond acceptors (Lipinski definition) is 2. The van der Waals surface area contributed by atoms with Gasteiger partial charge in [-0.15, -0.1) is 0 Å². The predicted octanol–water partition coefficient (Wildman–Crippen LogP) is 3.14. The van der Waals surface area contributed by atoms with Gasteiger partial charge in [0.25, 0.3) is 5.91 Å². The third kappa shape index (κ3) is 2.27. The van der Waals surface area contributed by atoms with Crippen LogP contribution in [0.3, 0.4) is 0 Å². The molecule has 1 amide bonds. The van der Waals surface area contributed by atoms with E-state index in [-0.39, 0.29) is 5.91 Å². The topological polar surface area (TPSA) is 46.9 Å². The molecule has 0 aliphatic heterocycles. The van der Waals surface area contributed by atoms with E-state index in [0.29, 0.717) is 17.0 Å². The zero-order chi connectivity index (χ0) is 15.3. The van der Waals surface area contributed by atoms with Gasteiger partial charge in [0.1, 0.15) is 0 Å². The molecule has 22 heavy (non-hydrogen) atoms. The Bertz CT molecular complexity index is 541. The number of amides is 1. The first-order chi connectivity index (χ1) is 10.6. The number of nitrogens with zero attached hydrogens (tertiary/aromatic N) is 2. The third-order valence-electron chi connectivity index (χ3n) is 6.51. The number of nitrogens with one attached hydrogen (secondary N) is 1. The fourth-order valence-electron chi connectivity index (χ4n) is 6.07. The average molecular weight is 301 g/mol. The van der Waals surface area contributed by atoms with Gasteiger partial charge in [-0.2, -0.15) is 5.10 Å². The van der Waals surface area contributed by atoms with Gasteiger partial charge in [0.05, 0.1) is 11.8 Å². The molecular formula is C18H27N3O. The van der Waals surface area contributed by atoms with Crippen LogP contribution >= 0.6 is 0 Å². The minimum atomic E-state index is 0.0516. The Hall–Kier alpha value is -1.32. The van der Waals surface area contributed by atoms with Gasteiger partial charge >= 0.3 is 0 Å². The Morgan fingerprint density at radius 3 is 2.36 bits per heavy atom. The number of aryl methyl sites for hydroxylation is 1. The summed E-state index contributed by atoms with van der Waals surface area (Å²) in [7, 11) is 1.85. The van der Waals surface area contributed by atoms with Crippen LogP contribution in [0.2, 0.25) is 0 Å². The van der Waals surface area contributed by atoms with Crippen LogP contribution in [0, 0.1) is 23.2 Å². The maximum Gasteiger partial charge on any atom is 0.254 e. The SMILES string of the molecule is CC[C@@H](NC(=O)c1cnn(C)c1)C12CC3CC(CC(C3)C1)C2. The van der Waals surface area contributed by atoms with Crippen molar-refractivity contribution in [2.24, 2.45) is 30.2 Å². The van der Waals surface area contributed by atoms with Gasteiger partial charge in [-0.1, -0.05) is 6.92 Å². The normalized spacial score (nSPS) is 37.3. The summed E-state index contributed by atoms with van der Waals surface area (Å²) in [4.78, 5) is 12.6. The molecule has 0 unspecified atom stereocenters. The van der Waals surface area contributed by atoms with E-state index < -0.39 is 0 Å². The highest BCUT2D eigenvalue weighted by Gasteiger charge is 2.54. The van der Waals surface area contributed by atoms with Gasteiger partial charge in [-0.25, -0.2) is 0 Å². The van der Waals surface area contributed by atoms with E-state index in [9.17, 15) is 4.79 Å². The number of aromatic nitrogens is 2. The second-order valence-corrected chi connectivity index (χ2v) is 8.12. The van der Waals surface area contributed by atoms with E-state index in [1.165, 1.54) is 38.5 Å². The fraction of sp³-hybridized carbons (Fsp3) is 0.778. The van der Waals surface area contributed by atoms with Crippen LogP contribution in [-0.2, 0) is 7.05 Å². The Balaban J connectivity index is 1.53. The Kier molecular flexibility index (Phi) is 3.31. The molecule has 0 aromatic carbocycles. The largest absolute Gasteiger partial charge is 0.349 e. The molecule has 0 spiro atoms. The number of rotatable bonds is 4. The standard InChI is InChI=1S/C18H27N3O/c1-3-16(20-17(22)15-10-19-21(2)11-15)18-7-12-4-13(8-18)6-14(5-12)9-18/h10-14,16H,3-9H2,1-2H3,(H,20,22)/t12?,13?,14?,16-,18?/m1/s1. The Morgan fingerprint density at radius 2 is 1.91 bits per heavy atom. The molecule has 1 heterocycles. The third-order valence-corrected chi connectivity index (χ3v) is 6.51. The van der Waals surface area contributed by atoms with Crippen molar-refractivity contribution in [3.63, 3.8) is 0 Å². The number of carbonyl (C=O) groups excluding carboxylic acids is 1. The predicted molar refractivity (Wildman–Crippen MR) is 85.4 cm³/mol. The van der Waals surface area contributed by atoms with Gasteiger partial charge in [0, 0.05) is 19.3 Å². The highest BCUT2D eigenvalue weighted by Crippen LogP contribution is 2.61. The van der Waals surface area contributed by atoms with E-state index in [4.69, 9.17) is 0 Å². The summed E-state index contributed by atoms with van der Waals surface area (Å²) >= 11 is 0. The number of hydrogen-bond donors (Lipinski definition) is 1. The molecule has 4 aliphatic carbocycles. The summed E-state index contributed by atoms with van der Waals surface area (Å²) in [5, 5.41) is 7.48. The first kappa shape index (κ1) is 14.3. The molecule has 4 heteroatoms. The lowest BCUT2D eigenvalue weighted by molar-refractivity contribution is -0.0727. The van der Waals surface area contributed by atoms with Crippen molar-refractivity contribution >= 4 is 5.91 Å². The summed E-state index contributed by atoms with van der Waals surface area (Å²) < 4.78 is 1.70. The zero-order valence-electron chi connectivity index (χ0n) is 13.7. The van der Waals surface area contributed by atoms with Crippen molar-refractivity contribution in [2.75, 3.05) is 0 Å². The van der Waals surface area contributed by atoms with E-state index in [1.54, 1.807) is 10.9 Å². The minimum absolute atomic E-state index is 0.0516. The first-order valence-corrected chi connectivity index (χ1v) is 8.87.